The van der Waals surface area contributed by atoms with Crippen molar-refractivity contribution in [1.29, 1.82) is 0 Å². The van der Waals surface area contributed by atoms with Crippen molar-refractivity contribution in [3.8, 4) is 11.4 Å². The van der Waals surface area contributed by atoms with E-state index in [-0.39, 0.29) is 11.9 Å². The molecule has 0 bridgehead atoms. The number of carbonyl (C=O) groups is 2. The molecule has 8 heteroatoms. The molecule has 1 heterocycles. The predicted molar refractivity (Wildman–Crippen MR) is 90.3 cm³/mol. The molecule has 0 saturated carbocycles. The third-order valence-corrected chi connectivity index (χ3v) is 3.49. The highest BCUT2D eigenvalue weighted by atomic mass is 16.6. The number of hydrogen-bond acceptors (Lipinski definition) is 6. The van der Waals surface area contributed by atoms with Crippen molar-refractivity contribution in [3.63, 3.8) is 0 Å². The third-order valence-electron chi connectivity index (χ3n) is 3.49. The predicted octanol–water partition coefficient (Wildman–Crippen LogP) is 2.57. The highest BCUT2D eigenvalue weighted by Gasteiger charge is 2.18. The number of unbranched alkanes of at least 4 members (excludes halogenated alkanes) is 2. The maximum Gasteiger partial charge on any atom is 0.312 e. The minimum atomic E-state index is -0.603. The zero-order valence-electron chi connectivity index (χ0n) is 14.1. The number of rotatable bonds is 9. The lowest BCUT2D eigenvalue weighted by Gasteiger charge is -2.09. The largest absolute Gasteiger partial charge is 0.453 e. The summed E-state index contributed by atoms with van der Waals surface area (Å²) in [6, 6.07) is 8.87. The van der Waals surface area contributed by atoms with Crippen molar-refractivity contribution in [2.24, 2.45) is 5.73 Å². The van der Waals surface area contributed by atoms with Gasteiger partial charge >= 0.3 is 12.0 Å². The van der Waals surface area contributed by atoms with Crippen molar-refractivity contribution in [1.82, 2.24) is 15.5 Å². The Kier molecular flexibility index (Phi) is 6.94. The molecule has 25 heavy (non-hydrogen) atoms. The van der Waals surface area contributed by atoms with Gasteiger partial charge in [0.15, 0.2) is 6.10 Å². The summed E-state index contributed by atoms with van der Waals surface area (Å²) >= 11 is 0. The van der Waals surface area contributed by atoms with Crippen molar-refractivity contribution in [2.75, 3.05) is 6.54 Å². The normalized spacial score (nSPS) is 11.7. The molecule has 0 aliphatic carbocycles. The van der Waals surface area contributed by atoms with Gasteiger partial charge < -0.3 is 20.3 Å². The van der Waals surface area contributed by atoms with Gasteiger partial charge in [-0.2, -0.15) is 4.98 Å². The molecule has 0 fully saturated rings. The van der Waals surface area contributed by atoms with Crippen LogP contribution in [0.4, 0.5) is 4.79 Å². The highest BCUT2D eigenvalue weighted by molar-refractivity contribution is 5.71. The maximum atomic E-state index is 11.8. The van der Waals surface area contributed by atoms with Gasteiger partial charge in [-0.15, -0.1) is 0 Å². The van der Waals surface area contributed by atoms with E-state index in [1.807, 2.05) is 30.3 Å². The van der Waals surface area contributed by atoms with Crippen LogP contribution >= 0.6 is 0 Å². The molecular formula is C17H22N4O4. The maximum absolute atomic E-state index is 11.8. The van der Waals surface area contributed by atoms with Crippen LogP contribution in [0.25, 0.3) is 11.4 Å². The van der Waals surface area contributed by atoms with Crippen molar-refractivity contribution >= 4 is 12.0 Å². The molecule has 0 radical (unpaired) electrons. The number of benzene rings is 1. The van der Waals surface area contributed by atoms with Crippen LogP contribution in [0, 0.1) is 0 Å². The lowest BCUT2D eigenvalue weighted by Crippen LogP contribution is -2.29. The van der Waals surface area contributed by atoms with Gasteiger partial charge in [0.25, 0.3) is 5.89 Å². The lowest BCUT2D eigenvalue weighted by molar-refractivity contribution is -0.149. The first-order valence-corrected chi connectivity index (χ1v) is 8.18. The molecule has 1 aromatic carbocycles. The summed E-state index contributed by atoms with van der Waals surface area (Å²) in [5.74, 6) is 0.396. The van der Waals surface area contributed by atoms with Crippen LogP contribution in [0.1, 0.15) is 44.6 Å². The summed E-state index contributed by atoms with van der Waals surface area (Å²) in [5, 5.41) is 6.40. The number of amides is 2. The fourth-order valence-corrected chi connectivity index (χ4v) is 2.19. The van der Waals surface area contributed by atoms with Crippen LogP contribution in [0.2, 0.25) is 0 Å². The van der Waals surface area contributed by atoms with Gasteiger partial charge in [-0.3, -0.25) is 4.79 Å². The van der Waals surface area contributed by atoms with Gasteiger partial charge in [0.2, 0.25) is 5.82 Å². The second-order valence-corrected chi connectivity index (χ2v) is 5.56. The summed E-state index contributed by atoms with van der Waals surface area (Å²) < 4.78 is 10.5. The molecule has 8 nitrogen and oxygen atoms in total. The first-order valence-electron chi connectivity index (χ1n) is 8.18. The van der Waals surface area contributed by atoms with E-state index in [2.05, 4.69) is 15.5 Å². The van der Waals surface area contributed by atoms with E-state index in [0.29, 0.717) is 25.2 Å². The average molecular weight is 346 g/mol. The van der Waals surface area contributed by atoms with Crippen LogP contribution in [0.5, 0.6) is 0 Å². The molecule has 134 valence electrons. The Balaban J connectivity index is 1.72. The number of hydrogen-bond donors (Lipinski definition) is 2. The standard InChI is InChI=1S/C17H22N4O4/c1-12(24-14(22)10-6-3-7-11-19-17(18)23)16-20-15(21-25-16)13-8-4-2-5-9-13/h2,4-5,8-9,12H,3,6-7,10-11H2,1H3,(H3,18,19,23)/t12-/m0/s1. The minimum absolute atomic E-state index is 0.262. The van der Waals surface area contributed by atoms with Gasteiger partial charge in [0.05, 0.1) is 0 Å². The second kappa shape index (κ2) is 9.41. The summed E-state index contributed by atoms with van der Waals surface area (Å²) in [4.78, 5) is 26.6. The van der Waals surface area contributed by atoms with Gasteiger partial charge in [-0.1, -0.05) is 41.9 Å². The summed E-state index contributed by atoms with van der Waals surface area (Å²) in [6.07, 6.45) is 1.92. The van der Waals surface area contributed by atoms with E-state index in [1.54, 1.807) is 6.92 Å². The average Bonchev–Trinajstić information content (AvgIpc) is 3.09. The second-order valence-electron chi connectivity index (χ2n) is 5.56. The Morgan fingerprint density at radius 2 is 2.00 bits per heavy atom. The topological polar surface area (TPSA) is 120 Å². The number of esters is 1. The molecule has 2 rings (SSSR count). The number of nitrogens with one attached hydrogen (secondary N) is 1. The third kappa shape index (κ3) is 6.25. The zero-order valence-corrected chi connectivity index (χ0v) is 14.1. The number of nitrogens with two attached hydrogens (primary N) is 1. The molecular weight excluding hydrogens is 324 g/mol. The van der Waals surface area contributed by atoms with E-state index >= 15 is 0 Å². The Morgan fingerprint density at radius 1 is 1.24 bits per heavy atom. The van der Waals surface area contributed by atoms with Crippen LogP contribution < -0.4 is 11.1 Å². The summed E-state index contributed by atoms with van der Waals surface area (Å²) in [6.45, 7) is 2.20. The quantitative estimate of drug-likeness (QED) is 0.532. The molecule has 2 aromatic rings. The zero-order chi connectivity index (χ0) is 18.1. The molecule has 0 unspecified atom stereocenters. The fraction of sp³-hybridized carbons (Fsp3) is 0.412. The van der Waals surface area contributed by atoms with Gasteiger partial charge in [-0.05, 0) is 19.8 Å². The van der Waals surface area contributed by atoms with Crippen LogP contribution in [-0.2, 0) is 9.53 Å². The summed E-state index contributed by atoms with van der Waals surface area (Å²) in [5.41, 5.74) is 5.79. The van der Waals surface area contributed by atoms with Crippen LogP contribution in [0.3, 0.4) is 0 Å². The molecule has 0 spiro atoms. The molecule has 1 atom stereocenters. The molecule has 0 saturated heterocycles. The Morgan fingerprint density at radius 3 is 2.72 bits per heavy atom. The highest BCUT2D eigenvalue weighted by Crippen LogP contribution is 2.20. The number of aromatic nitrogens is 2. The number of urea groups is 1. The van der Waals surface area contributed by atoms with Gasteiger partial charge in [0.1, 0.15) is 0 Å². The molecule has 1 aromatic heterocycles. The minimum Gasteiger partial charge on any atom is -0.453 e. The van der Waals surface area contributed by atoms with Crippen molar-refractivity contribution < 1.29 is 18.8 Å². The molecule has 2 amide bonds. The smallest absolute Gasteiger partial charge is 0.312 e. The monoisotopic (exact) mass is 346 g/mol. The van der Waals surface area contributed by atoms with E-state index in [0.717, 1.165) is 18.4 Å². The first-order chi connectivity index (χ1) is 12.1. The molecule has 3 N–H and O–H groups in total. The number of carbonyl (C=O) groups excluding carboxylic acids is 2. The number of ether oxygens (including phenoxy) is 1. The van der Waals surface area contributed by atoms with Crippen molar-refractivity contribution in [2.45, 2.75) is 38.7 Å². The van der Waals surface area contributed by atoms with Crippen molar-refractivity contribution in [3.05, 3.63) is 36.2 Å². The van der Waals surface area contributed by atoms with Gasteiger partial charge in [0, 0.05) is 18.5 Å². The fourth-order valence-electron chi connectivity index (χ4n) is 2.19. The van der Waals surface area contributed by atoms with Crippen LogP contribution in [0.15, 0.2) is 34.9 Å². The molecule has 0 aliphatic rings. The van der Waals surface area contributed by atoms with Crippen LogP contribution in [-0.4, -0.2) is 28.7 Å². The van der Waals surface area contributed by atoms with E-state index < -0.39 is 12.1 Å². The Hall–Kier alpha value is -2.90. The lowest BCUT2D eigenvalue weighted by atomic mass is 10.2. The van der Waals surface area contributed by atoms with Gasteiger partial charge in [-0.25, -0.2) is 4.79 Å². The van der Waals surface area contributed by atoms with E-state index in [1.165, 1.54) is 0 Å². The Labute approximate surface area is 145 Å². The number of nitrogens with zero attached hydrogens (tertiary/aromatic N) is 2. The molecule has 0 aliphatic heterocycles. The number of primary amides is 1. The Bertz CT molecular complexity index is 687. The van der Waals surface area contributed by atoms with E-state index in [9.17, 15) is 9.59 Å². The van der Waals surface area contributed by atoms with E-state index in [4.69, 9.17) is 15.0 Å². The summed E-state index contributed by atoms with van der Waals surface area (Å²) in [7, 11) is 0. The first kappa shape index (κ1) is 18.4. The SMILES string of the molecule is C[C@H](OC(=O)CCCCCNC(N)=O)c1nc(-c2ccccc2)no1.